The molecule has 5 heteroatoms. The number of aryl methyl sites for hydroxylation is 1. The summed E-state index contributed by atoms with van der Waals surface area (Å²) in [6.45, 7) is 0.636. The second kappa shape index (κ2) is 5.15. The third kappa shape index (κ3) is 2.92. The predicted molar refractivity (Wildman–Crippen MR) is 81.4 cm³/mol. The van der Waals surface area contributed by atoms with Crippen molar-refractivity contribution in [1.82, 2.24) is 0 Å². The molecule has 2 atom stereocenters. The van der Waals surface area contributed by atoms with Crippen molar-refractivity contribution in [3.05, 3.63) is 35.4 Å². The third-order valence-electron chi connectivity index (χ3n) is 4.18. The van der Waals surface area contributed by atoms with E-state index in [2.05, 4.69) is 34.3 Å². The molecule has 106 valence electrons. The van der Waals surface area contributed by atoms with Crippen LogP contribution in [-0.4, -0.2) is 18.5 Å². The summed E-state index contributed by atoms with van der Waals surface area (Å²) in [4.78, 5) is 7.77. The predicted octanol–water partition coefficient (Wildman–Crippen LogP) is 0.941. The summed E-state index contributed by atoms with van der Waals surface area (Å²) >= 11 is 0. The van der Waals surface area contributed by atoms with Crippen molar-refractivity contribution in [2.75, 3.05) is 6.54 Å². The Labute approximate surface area is 119 Å². The van der Waals surface area contributed by atoms with Crippen molar-refractivity contribution in [2.45, 2.75) is 25.2 Å². The highest BCUT2D eigenvalue weighted by atomic mass is 15.1. The molecule has 0 aliphatic heterocycles. The lowest BCUT2D eigenvalue weighted by Crippen LogP contribution is -2.26. The number of rotatable bonds is 5. The average molecular weight is 271 g/mol. The van der Waals surface area contributed by atoms with Gasteiger partial charge in [0, 0.05) is 6.54 Å². The first kappa shape index (κ1) is 13.0. The number of benzene rings is 1. The van der Waals surface area contributed by atoms with Crippen molar-refractivity contribution in [3.8, 4) is 0 Å². The maximum Gasteiger partial charge on any atom is 0.218 e. The van der Waals surface area contributed by atoms with Crippen molar-refractivity contribution >= 4 is 11.9 Å². The zero-order valence-corrected chi connectivity index (χ0v) is 11.5. The van der Waals surface area contributed by atoms with E-state index in [-0.39, 0.29) is 11.9 Å². The number of nitrogens with zero attached hydrogens (tertiary/aromatic N) is 2. The molecule has 1 aromatic carbocycles. The van der Waals surface area contributed by atoms with E-state index in [4.69, 9.17) is 17.2 Å². The molecular weight excluding hydrogens is 250 g/mol. The summed E-state index contributed by atoms with van der Waals surface area (Å²) in [5.74, 6) is 3.02. The Morgan fingerprint density at radius 1 is 1.10 bits per heavy atom. The van der Waals surface area contributed by atoms with E-state index in [0.29, 0.717) is 6.54 Å². The number of aliphatic imine (C=N–C) groups is 2. The van der Waals surface area contributed by atoms with E-state index in [0.717, 1.165) is 30.6 Å². The second-order valence-corrected chi connectivity index (χ2v) is 5.71. The number of guanidine groups is 2. The first-order valence-electron chi connectivity index (χ1n) is 7.13. The zero-order valence-electron chi connectivity index (χ0n) is 11.5. The molecule has 0 heterocycles. The largest absolute Gasteiger partial charge is 0.370 e. The first-order chi connectivity index (χ1) is 9.65. The van der Waals surface area contributed by atoms with Gasteiger partial charge in [-0.05, 0) is 48.1 Å². The lowest BCUT2D eigenvalue weighted by atomic mass is 10.0. The molecule has 1 aromatic rings. The van der Waals surface area contributed by atoms with Crippen LogP contribution in [0.15, 0.2) is 34.3 Å². The summed E-state index contributed by atoms with van der Waals surface area (Å²) in [5.41, 5.74) is 18.8. The highest BCUT2D eigenvalue weighted by molar-refractivity contribution is 5.92. The van der Waals surface area contributed by atoms with Gasteiger partial charge in [-0.15, -0.1) is 0 Å². The van der Waals surface area contributed by atoms with Gasteiger partial charge in [-0.25, -0.2) is 0 Å². The highest BCUT2D eigenvalue weighted by Gasteiger charge is 2.64. The molecule has 3 rings (SSSR count). The van der Waals surface area contributed by atoms with Gasteiger partial charge in [0.05, 0.1) is 0 Å². The molecule has 6 N–H and O–H groups in total. The highest BCUT2D eigenvalue weighted by Crippen LogP contribution is 2.73. The fraction of sp³-hybridized carbons (Fsp3) is 0.467. The fourth-order valence-electron chi connectivity index (χ4n) is 2.82. The minimum Gasteiger partial charge on any atom is -0.370 e. The zero-order chi connectivity index (χ0) is 14.1. The van der Waals surface area contributed by atoms with Gasteiger partial charge in [0.1, 0.15) is 0 Å². The number of hydrogen-bond acceptors (Lipinski definition) is 1. The van der Waals surface area contributed by atoms with Crippen LogP contribution in [0.2, 0.25) is 0 Å². The van der Waals surface area contributed by atoms with Crippen LogP contribution in [0.5, 0.6) is 0 Å². The number of nitrogens with two attached hydrogens (primary N) is 3. The van der Waals surface area contributed by atoms with Crippen molar-refractivity contribution < 1.29 is 0 Å². The van der Waals surface area contributed by atoms with Crippen LogP contribution in [0, 0.1) is 11.8 Å². The SMILES string of the molecule is NC(N)=NC(N)=NCCCc1ccc(C2C3CC32)cc1. The van der Waals surface area contributed by atoms with Crippen LogP contribution in [0.4, 0.5) is 0 Å². The second-order valence-electron chi connectivity index (χ2n) is 5.71. The molecule has 0 saturated heterocycles. The topological polar surface area (TPSA) is 103 Å². The van der Waals surface area contributed by atoms with Gasteiger partial charge in [0.2, 0.25) is 5.96 Å². The van der Waals surface area contributed by atoms with Crippen LogP contribution in [0.3, 0.4) is 0 Å². The quantitative estimate of drug-likeness (QED) is 0.422. The van der Waals surface area contributed by atoms with Crippen LogP contribution >= 0.6 is 0 Å². The molecule has 0 spiro atoms. The molecule has 2 saturated carbocycles. The van der Waals surface area contributed by atoms with Gasteiger partial charge in [-0.2, -0.15) is 4.99 Å². The minimum atomic E-state index is -0.0556. The Morgan fingerprint density at radius 3 is 2.35 bits per heavy atom. The smallest absolute Gasteiger partial charge is 0.218 e. The summed E-state index contributed by atoms with van der Waals surface area (Å²) < 4.78 is 0. The maximum absolute atomic E-state index is 5.53. The minimum absolute atomic E-state index is 0.0556. The van der Waals surface area contributed by atoms with E-state index < -0.39 is 0 Å². The number of fused-ring (bicyclic) bond motifs is 1. The Bertz CT molecular complexity index is 534. The lowest BCUT2D eigenvalue weighted by Gasteiger charge is -2.05. The van der Waals surface area contributed by atoms with E-state index in [1.807, 2.05) is 0 Å². The van der Waals surface area contributed by atoms with Crippen molar-refractivity contribution in [1.29, 1.82) is 0 Å². The van der Waals surface area contributed by atoms with Gasteiger partial charge in [0.25, 0.3) is 0 Å². The Hall–Kier alpha value is -2.04. The summed E-state index contributed by atoms with van der Waals surface area (Å²) in [5, 5.41) is 0. The van der Waals surface area contributed by atoms with E-state index in [1.165, 1.54) is 17.5 Å². The van der Waals surface area contributed by atoms with E-state index >= 15 is 0 Å². The average Bonchev–Trinajstić information content (AvgIpc) is 3.26. The molecule has 0 amide bonds. The molecule has 2 unspecified atom stereocenters. The van der Waals surface area contributed by atoms with Crippen LogP contribution < -0.4 is 17.2 Å². The van der Waals surface area contributed by atoms with Gasteiger partial charge in [-0.1, -0.05) is 24.3 Å². The molecule has 2 aliphatic rings. The Kier molecular flexibility index (Phi) is 3.34. The van der Waals surface area contributed by atoms with Crippen LogP contribution in [-0.2, 0) is 6.42 Å². The van der Waals surface area contributed by atoms with Gasteiger partial charge in [0.15, 0.2) is 5.96 Å². The first-order valence-corrected chi connectivity index (χ1v) is 7.13. The normalized spacial score (nSPS) is 26.8. The molecule has 2 fully saturated rings. The van der Waals surface area contributed by atoms with E-state index in [1.54, 1.807) is 0 Å². The molecule has 0 aromatic heterocycles. The maximum atomic E-state index is 5.53. The Balaban J connectivity index is 1.43. The molecule has 5 nitrogen and oxygen atoms in total. The summed E-state index contributed by atoms with van der Waals surface area (Å²) in [6.07, 6.45) is 3.40. The third-order valence-corrected chi connectivity index (χ3v) is 4.18. The Morgan fingerprint density at radius 2 is 1.80 bits per heavy atom. The van der Waals surface area contributed by atoms with Gasteiger partial charge in [-0.3, -0.25) is 4.99 Å². The molecule has 2 aliphatic carbocycles. The van der Waals surface area contributed by atoms with E-state index in [9.17, 15) is 0 Å². The van der Waals surface area contributed by atoms with Crippen molar-refractivity contribution in [3.63, 3.8) is 0 Å². The van der Waals surface area contributed by atoms with Crippen LogP contribution in [0.25, 0.3) is 0 Å². The van der Waals surface area contributed by atoms with Crippen LogP contribution in [0.1, 0.15) is 29.9 Å². The fourth-order valence-corrected chi connectivity index (χ4v) is 2.82. The molecule has 0 radical (unpaired) electrons. The molecule has 20 heavy (non-hydrogen) atoms. The van der Waals surface area contributed by atoms with Crippen molar-refractivity contribution in [2.24, 2.45) is 39.0 Å². The summed E-state index contributed by atoms with van der Waals surface area (Å²) in [7, 11) is 0. The monoisotopic (exact) mass is 271 g/mol. The number of hydrogen-bond donors (Lipinski definition) is 3. The van der Waals surface area contributed by atoms with Gasteiger partial charge >= 0.3 is 0 Å². The molecule has 0 bridgehead atoms. The lowest BCUT2D eigenvalue weighted by molar-refractivity contribution is 0.776. The standard InChI is InChI=1S/C15H21N5/c16-14(17)20-15(18)19-7-1-2-9-3-5-10(6-4-9)13-11-8-12(11)13/h3-6,11-13H,1-2,7-8H2,(H6,16,17,18,19,20). The van der Waals surface area contributed by atoms with Gasteiger partial charge < -0.3 is 17.2 Å². The summed E-state index contributed by atoms with van der Waals surface area (Å²) in [6, 6.07) is 9.03. The molecular formula is C15H21N5.